The predicted molar refractivity (Wildman–Crippen MR) is 160 cm³/mol. The minimum absolute atomic E-state index is 0.885. The molecule has 0 fully saturated rings. The monoisotopic (exact) mass is 490 g/mol. The zero-order chi connectivity index (χ0) is 25.9. The van der Waals surface area contributed by atoms with E-state index in [0.717, 1.165) is 5.75 Å². The minimum Gasteiger partial charge on any atom is -0.497 e. The Labute approximate surface area is 224 Å². The summed E-state index contributed by atoms with van der Waals surface area (Å²) in [4.78, 5) is 0. The maximum absolute atomic E-state index is 5.30. The van der Waals surface area contributed by atoms with Crippen LogP contribution in [0.25, 0.3) is 33.4 Å². The molecule has 0 aliphatic carbocycles. The number of hydrogen-bond donors (Lipinski definition) is 0. The molecule has 0 amide bonds. The van der Waals surface area contributed by atoms with Gasteiger partial charge in [-0.1, -0.05) is 131 Å². The van der Waals surface area contributed by atoms with Crippen molar-refractivity contribution in [1.82, 2.24) is 0 Å². The van der Waals surface area contributed by atoms with Crippen LogP contribution in [0.2, 0.25) is 0 Å². The van der Waals surface area contributed by atoms with Crippen molar-refractivity contribution in [3.05, 3.63) is 102 Å². The van der Waals surface area contributed by atoms with Crippen LogP contribution >= 0.6 is 0 Å². The van der Waals surface area contributed by atoms with Gasteiger partial charge in [0.2, 0.25) is 0 Å². The largest absolute Gasteiger partial charge is 0.497 e. The Morgan fingerprint density at radius 3 is 1.57 bits per heavy atom. The smallest absolute Gasteiger partial charge is 0.118 e. The highest BCUT2D eigenvalue weighted by atomic mass is 16.5. The van der Waals surface area contributed by atoms with Crippen LogP contribution in [0.3, 0.4) is 0 Å². The first-order valence-corrected chi connectivity index (χ1v) is 14.1. The van der Waals surface area contributed by atoms with Gasteiger partial charge in [0.25, 0.3) is 0 Å². The molecular weight excluding hydrogens is 448 g/mol. The van der Waals surface area contributed by atoms with E-state index in [1.54, 1.807) is 7.11 Å². The third kappa shape index (κ3) is 7.59. The third-order valence-electron chi connectivity index (χ3n) is 7.45. The molecule has 0 aromatic heterocycles. The highest BCUT2D eigenvalue weighted by Crippen LogP contribution is 2.31. The number of aryl methyl sites for hydroxylation is 2. The van der Waals surface area contributed by atoms with Gasteiger partial charge in [-0.25, -0.2) is 0 Å². The van der Waals surface area contributed by atoms with Crippen LogP contribution in [0.15, 0.2) is 91.0 Å². The van der Waals surface area contributed by atoms with E-state index in [4.69, 9.17) is 4.74 Å². The van der Waals surface area contributed by atoms with Crippen molar-refractivity contribution in [3.8, 4) is 39.1 Å². The van der Waals surface area contributed by atoms with Gasteiger partial charge in [0.15, 0.2) is 0 Å². The number of benzene rings is 4. The molecule has 0 radical (unpaired) electrons. The molecule has 0 atom stereocenters. The Morgan fingerprint density at radius 1 is 0.514 bits per heavy atom. The van der Waals surface area contributed by atoms with Gasteiger partial charge in [0.1, 0.15) is 5.75 Å². The van der Waals surface area contributed by atoms with E-state index in [2.05, 4.69) is 92.7 Å². The van der Waals surface area contributed by atoms with Crippen LogP contribution < -0.4 is 4.74 Å². The van der Waals surface area contributed by atoms with Gasteiger partial charge in [-0.2, -0.15) is 0 Å². The van der Waals surface area contributed by atoms with Crippen LogP contribution in [-0.4, -0.2) is 7.11 Å². The number of ether oxygens (including phenoxy) is 1. The lowest BCUT2D eigenvalue weighted by Crippen LogP contribution is -1.88. The molecule has 4 aromatic carbocycles. The molecule has 0 heterocycles. The van der Waals surface area contributed by atoms with Crippen LogP contribution in [0.5, 0.6) is 5.75 Å². The first-order valence-electron chi connectivity index (χ1n) is 14.1. The summed E-state index contributed by atoms with van der Waals surface area (Å²) in [6, 6.07) is 33.2. The molecule has 0 saturated carbocycles. The lowest BCUT2D eigenvalue weighted by atomic mass is 9.94. The molecule has 1 heteroatoms. The van der Waals surface area contributed by atoms with Gasteiger partial charge < -0.3 is 4.74 Å². The van der Waals surface area contributed by atoms with Crippen molar-refractivity contribution in [2.24, 2.45) is 0 Å². The molecule has 0 N–H and O–H groups in total. The van der Waals surface area contributed by atoms with E-state index >= 15 is 0 Å². The van der Waals surface area contributed by atoms with Crippen molar-refractivity contribution >= 4 is 0 Å². The summed E-state index contributed by atoms with van der Waals surface area (Å²) < 4.78 is 5.30. The number of methoxy groups -OCH3 is 1. The average molecular weight is 491 g/mol. The lowest BCUT2D eigenvalue weighted by molar-refractivity contribution is 0.415. The van der Waals surface area contributed by atoms with Crippen molar-refractivity contribution in [2.45, 2.75) is 71.6 Å². The van der Waals surface area contributed by atoms with Crippen LogP contribution in [0.1, 0.15) is 69.4 Å². The molecule has 37 heavy (non-hydrogen) atoms. The Morgan fingerprint density at radius 2 is 1.00 bits per heavy atom. The SMILES string of the molecule is CCCCCCCCCCc1ccc(-c2ccc(-c3ccc(-c4ccc(OC)cc4)c(C)c3)cc2)cc1. The molecule has 1 nitrogen and oxygen atoms in total. The summed E-state index contributed by atoms with van der Waals surface area (Å²) in [5.41, 5.74) is 10.3. The van der Waals surface area contributed by atoms with E-state index in [0.29, 0.717) is 0 Å². The normalized spacial score (nSPS) is 11.0. The quantitative estimate of drug-likeness (QED) is 0.169. The molecule has 4 rings (SSSR count). The summed E-state index contributed by atoms with van der Waals surface area (Å²) in [6.45, 7) is 4.47. The Bertz CT molecular complexity index is 1220. The zero-order valence-corrected chi connectivity index (χ0v) is 22.9. The molecule has 0 saturated heterocycles. The summed E-state index contributed by atoms with van der Waals surface area (Å²) in [5.74, 6) is 0.885. The standard InChI is InChI=1S/C36H42O/c1-4-5-6-7-8-9-10-11-12-29-13-15-30(16-14-29)31-17-19-32(20-18-31)34-23-26-36(28(2)27-34)33-21-24-35(37-3)25-22-33/h13-27H,4-12H2,1-3H3. The number of rotatable bonds is 13. The highest BCUT2D eigenvalue weighted by molar-refractivity contribution is 5.75. The molecule has 0 aliphatic heterocycles. The van der Waals surface area contributed by atoms with Crippen molar-refractivity contribution < 1.29 is 4.74 Å². The van der Waals surface area contributed by atoms with Crippen LogP contribution in [-0.2, 0) is 6.42 Å². The lowest BCUT2D eigenvalue weighted by Gasteiger charge is -2.11. The topological polar surface area (TPSA) is 9.23 Å². The van der Waals surface area contributed by atoms with E-state index in [1.807, 2.05) is 12.1 Å². The Hall–Kier alpha value is -3.32. The van der Waals surface area contributed by atoms with E-state index in [9.17, 15) is 0 Å². The molecule has 0 aliphatic rings. The zero-order valence-electron chi connectivity index (χ0n) is 22.9. The molecular formula is C36H42O. The first kappa shape index (κ1) is 26.7. The van der Waals surface area contributed by atoms with Crippen molar-refractivity contribution in [2.75, 3.05) is 7.11 Å². The second kappa shape index (κ2) is 13.8. The van der Waals surface area contributed by atoms with Crippen LogP contribution in [0.4, 0.5) is 0 Å². The molecule has 192 valence electrons. The van der Waals surface area contributed by atoms with E-state index in [-0.39, 0.29) is 0 Å². The summed E-state index contributed by atoms with van der Waals surface area (Å²) in [7, 11) is 1.70. The Kier molecular flexibility index (Phi) is 10.0. The van der Waals surface area contributed by atoms with Gasteiger partial charge in [0.05, 0.1) is 7.11 Å². The fourth-order valence-corrected chi connectivity index (χ4v) is 5.12. The second-order valence-corrected chi connectivity index (χ2v) is 10.3. The summed E-state index contributed by atoms with van der Waals surface area (Å²) >= 11 is 0. The molecule has 4 aromatic rings. The third-order valence-corrected chi connectivity index (χ3v) is 7.45. The second-order valence-electron chi connectivity index (χ2n) is 10.3. The van der Waals surface area contributed by atoms with E-state index in [1.165, 1.54) is 102 Å². The molecule has 0 bridgehead atoms. The van der Waals surface area contributed by atoms with Gasteiger partial charge >= 0.3 is 0 Å². The first-order chi connectivity index (χ1) is 18.2. The van der Waals surface area contributed by atoms with Crippen molar-refractivity contribution in [1.29, 1.82) is 0 Å². The van der Waals surface area contributed by atoms with Gasteiger partial charge in [-0.05, 0) is 76.4 Å². The highest BCUT2D eigenvalue weighted by Gasteiger charge is 2.06. The van der Waals surface area contributed by atoms with Crippen LogP contribution in [0, 0.1) is 6.92 Å². The Balaban J connectivity index is 1.32. The fraction of sp³-hybridized carbons (Fsp3) is 0.333. The number of hydrogen-bond acceptors (Lipinski definition) is 1. The summed E-state index contributed by atoms with van der Waals surface area (Å²) in [5, 5.41) is 0. The minimum atomic E-state index is 0.885. The number of unbranched alkanes of at least 4 members (excludes halogenated alkanes) is 7. The van der Waals surface area contributed by atoms with E-state index < -0.39 is 0 Å². The fourth-order valence-electron chi connectivity index (χ4n) is 5.12. The van der Waals surface area contributed by atoms with Crippen molar-refractivity contribution in [3.63, 3.8) is 0 Å². The predicted octanol–water partition coefficient (Wildman–Crippen LogP) is 10.7. The van der Waals surface area contributed by atoms with Gasteiger partial charge in [0, 0.05) is 0 Å². The maximum Gasteiger partial charge on any atom is 0.118 e. The summed E-state index contributed by atoms with van der Waals surface area (Å²) in [6.07, 6.45) is 12.2. The molecule has 0 unspecified atom stereocenters. The average Bonchev–Trinajstić information content (AvgIpc) is 2.95. The molecule has 0 spiro atoms. The maximum atomic E-state index is 5.30. The van der Waals surface area contributed by atoms with Gasteiger partial charge in [-0.15, -0.1) is 0 Å². The van der Waals surface area contributed by atoms with Gasteiger partial charge in [-0.3, -0.25) is 0 Å².